The van der Waals surface area contributed by atoms with E-state index in [-0.39, 0.29) is 5.56 Å². The third-order valence-electron chi connectivity index (χ3n) is 4.06. The number of aromatic nitrogens is 1. The lowest BCUT2D eigenvalue weighted by molar-refractivity contribution is 0.631. The Kier molecular flexibility index (Phi) is 3.45. The van der Waals surface area contributed by atoms with Crippen LogP contribution in [-0.4, -0.2) is 13.1 Å². The summed E-state index contributed by atoms with van der Waals surface area (Å²) in [5, 5.41) is 0.785. The van der Waals surface area contributed by atoms with E-state index in [1.165, 1.54) is 12.1 Å². The van der Waals surface area contributed by atoms with Gasteiger partial charge < -0.3 is 0 Å². The first kappa shape index (κ1) is 13.1. The lowest BCUT2D eigenvalue weighted by Crippen LogP contribution is -2.39. The van der Waals surface area contributed by atoms with Gasteiger partial charge in [0, 0.05) is 15.9 Å². The maximum atomic E-state index is 14.8. The zero-order chi connectivity index (χ0) is 19.8. The highest BCUT2D eigenvalue weighted by atomic mass is 28.3. The van der Waals surface area contributed by atoms with Gasteiger partial charge in [0.25, 0.3) is 0 Å². The van der Waals surface area contributed by atoms with Crippen LogP contribution in [-0.2, 0) is 0 Å². The van der Waals surface area contributed by atoms with Crippen LogP contribution in [0.1, 0.15) is 9.68 Å². The van der Waals surface area contributed by atoms with E-state index in [1.54, 1.807) is 12.3 Å². The van der Waals surface area contributed by atoms with Crippen molar-refractivity contribution in [3.05, 3.63) is 72.2 Å². The van der Waals surface area contributed by atoms with Gasteiger partial charge >= 0.3 is 0 Å². The summed E-state index contributed by atoms with van der Waals surface area (Å²) in [6.45, 7) is 3.98. The van der Waals surface area contributed by atoms with Crippen molar-refractivity contribution >= 4 is 13.3 Å². The topological polar surface area (TPSA) is 12.9 Å². The molecule has 0 bridgehead atoms. The standard InChI is InChI=1S/C21H22FNSi/c1-15-12-20(23-14-21(15)24(2,3)4)18-11-10-17(13-19(18)22)16-8-6-5-7-9-16/h5-14H,1-4H3/i1D3. The van der Waals surface area contributed by atoms with Gasteiger partial charge in [0.1, 0.15) is 5.82 Å². The molecule has 1 heterocycles. The lowest BCUT2D eigenvalue weighted by Gasteiger charge is -2.19. The minimum atomic E-state index is -2.26. The molecule has 0 amide bonds. The molecule has 122 valence electrons. The van der Waals surface area contributed by atoms with Gasteiger partial charge in [-0.25, -0.2) is 4.39 Å². The number of benzene rings is 2. The van der Waals surface area contributed by atoms with Crippen molar-refractivity contribution in [1.29, 1.82) is 0 Å². The second-order valence-electron chi connectivity index (χ2n) is 6.93. The van der Waals surface area contributed by atoms with E-state index in [0.29, 0.717) is 11.3 Å². The highest BCUT2D eigenvalue weighted by molar-refractivity contribution is 6.89. The third kappa shape index (κ3) is 3.31. The Morgan fingerprint density at radius 1 is 0.958 bits per heavy atom. The van der Waals surface area contributed by atoms with Gasteiger partial charge in [0.2, 0.25) is 0 Å². The molecule has 0 unspecified atom stereocenters. The molecule has 3 aromatic rings. The molecule has 0 saturated carbocycles. The van der Waals surface area contributed by atoms with Crippen molar-refractivity contribution in [1.82, 2.24) is 4.98 Å². The van der Waals surface area contributed by atoms with E-state index in [2.05, 4.69) is 24.6 Å². The fourth-order valence-corrected chi connectivity index (χ4v) is 4.07. The van der Waals surface area contributed by atoms with Crippen LogP contribution in [0.2, 0.25) is 19.6 Å². The summed E-state index contributed by atoms with van der Waals surface area (Å²) < 4.78 is 38.5. The zero-order valence-electron chi connectivity index (χ0n) is 17.1. The van der Waals surface area contributed by atoms with Gasteiger partial charge in [-0.05, 0) is 46.9 Å². The van der Waals surface area contributed by atoms with Gasteiger partial charge in [-0.3, -0.25) is 4.98 Å². The molecule has 0 aliphatic heterocycles. The van der Waals surface area contributed by atoms with Crippen molar-refractivity contribution in [2.45, 2.75) is 26.5 Å². The van der Waals surface area contributed by atoms with Gasteiger partial charge in [0.05, 0.1) is 13.8 Å². The molecule has 0 aliphatic rings. The van der Waals surface area contributed by atoms with E-state index >= 15 is 0 Å². The van der Waals surface area contributed by atoms with E-state index in [0.717, 1.165) is 16.3 Å². The number of hydrogen-bond donors (Lipinski definition) is 0. The smallest absolute Gasteiger partial charge is 0.133 e. The van der Waals surface area contributed by atoms with E-state index in [9.17, 15) is 4.39 Å². The Hall–Kier alpha value is -2.26. The first-order valence-corrected chi connectivity index (χ1v) is 11.4. The largest absolute Gasteiger partial charge is 0.256 e. The third-order valence-corrected chi connectivity index (χ3v) is 6.08. The van der Waals surface area contributed by atoms with Crippen LogP contribution in [0.25, 0.3) is 22.4 Å². The zero-order valence-corrected chi connectivity index (χ0v) is 15.1. The van der Waals surface area contributed by atoms with Gasteiger partial charge in [-0.2, -0.15) is 0 Å². The van der Waals surface area contributed by atoms with Crippen molar-refractivity contribution in [3.8, 4) is 22.4 Å². The molecule has 3 heteroatoms. The average Bonchev–Trinajstić information content (AvgIpc) is 2.60. The summed E-state index contributed by atoms with van der Waals surface area (Å²) in [6, 6.07) is 16.0. The fraction of sp³-hybridized carbons (Fsp3) is 0.190. The first-order chi connectivity index (χ1) is 12.6. The number of nitrogens with zero attached hydrogens (tertiary/aromatic N) is 1. The number of halogens is 1. The van der Waals surface area contributed by atoms with Crippen molar-refractivity contribution < 1.29 is 8.50 Å². The molecule has 0 radical (unpaired) electrons. The summed E-state index contributed by atoms with van der Waals surface area (Å²) in [6.07, 6.45) is 1.62. The Labute approximate surface area is 148 Å². The molecule has 24 heavy (non-hydrogen) atoms. The molecule has 0 atom stereocenters. The van der Waals surface area contributed by atoms with Crippen molar-refractivity contribution in [2.75, 3.05) is 0 Å². The Morgan fingerprint density at radius 3 is 2.33 bits per heavy atom. The minimum Gasteiger partial charge on any atom is -0.256 e. The molecule has 1 aromatic heterocycles. The van der Waals surface area contributed by atoms with E-state index < -0.39 is 20.7 Å². The first-order valence-electron chi connectivity index (χ1n) is 9.44. The van der Waals surface area contributed by atoms with Crippen LogP contribution in [0.15, 0.2) is 60.8 Å². The summed E-state index contributed by atoms with van der Waals surface area (Å²) in [7, 11) is -1.89. The molecule has 0 fully saturated rings. The van der Waals surface area contributed by atoms with E-state index in [1.807, 2.05) is 36.4 Å². The SMILES string of the molecule is [2H]C([2H])([2H])c1cc(-c2ccc(-c3ccccc3)cc2F)ncc1[Si](C)(C)C. The molecular weight excluding hydrogens is 313 g/mol. The van der Waals surface area contributed by atoms with Crippen LogP contribution in [0.3, 0.4) is 0 Å². The van der Waals surface area contributed by atoms with Gasteiger partial charge in [-0.1, -0.05) is 56.0 Å². The number of aryl methyl sites for hydroxylation is 1. The highest BCUT2D eigenvalue weighted by Crippen LogP contribution is 2.27. The molecule has 0 saturated heterocycles. The Bertz CT molecular complexity index is 963. The minimum absolute atomic E-state index is 0.276. The second-order valence-corrected chi connectivity index (χ2v) is 12.0. The van der Waals surface area contributed by atoms with Gasteiger partial charge in [0.15, 0.2) is 0 Å². The van der Waals surface area contributed by atoms with Crippen LogP contribution in [0, 0.1) is 12.7 Å². The van der Waals surface area contributed by atoms with Crippen molar-refractivity contribution in [3.63, 3.8) is 0 Å². The number of pyridine rings is 1. The maximum absolute atomic E-state index is 14.8. The summed E-state index contributed by atoms with van der Waals surface area (Å²) in [4.78, 5) is 4.40. The molecule has 1 nitrogen and oxygen atoms in total. The Morgan fingerprint density at radius 2 is 1.71 bits per heavy atom. The van der Waals surface area contributed by atoms with Crippen molar-refractivity contribution in [2.24, 2.45) is 0 Å². The van der Waals surface area contributed by atoms with Gasteiger partial charge in [-0.15, -0.1) is 0 Å². The molecule has 0 N–H and O–H groups in total. The fourth-order valence-electron chi connectivity index (χ4n) is 2.73. The number of rotatable bonds is 3. The quantitative estimate of drug-likeness (QED) is 0.582. The normalized spacial score (nSPS) is 13.9. The Balaban J connectivity index is 2.09. The highest BCUT2D eigenvalue weighted by Gasteiger charge is 2.20. The van der Waals surface area contributed by atoms with Crippen LogP contribution < -0.4 is 5.19 Å². The lowest BCUT2D eigenvalue weighted by atomic mass is 10.0. The molecule has 0 aliphatic carbocycles. The van der Waals surface area contributed by atoms with Crippen LogP contribution in [0.4, 0.5) is 4.39 Å². The molecule has 3 rings (SSSR count). The summed E-state index contributed by atoms with van der Waals surface area (Å²) >= 11 is 0. The predicted molar refractivity (Wildman–Crippen MR) is 103 cm³/mol. The number of hydrogen-bond acceptors (Lipinski definition) is 1. The van der Waals surface area contributed by atoms with Crippen LogP contribution in [0.5, 0.6) is 0 Å². The monoisotopic (exact) mass is 338 g/mol. The maximum Gasteiger partial charge on any atom is 0.133 e. The average molecular weight is 339 g/mol. The molecule has 2 aromatic carbocycles. The summed E-state index contributed by atoms with van der Waals surface area (Å²) in [5.41, 5.74) is 2.63. The predicted octanol–water partition coefficient (Wildman–Crippen LogP) is 5.41. The molecular formula is C21H22FNSi. The van der Waals surface area contributed by atoms with Crippen LogP contribution >= 0.6 is 0 Å². The molecule has 0 spiro atoms. The summed E-state index contributed by atoms with van der Waals surface area (Å²) in [5.74, 6) is -0.416. The second kappa shape index (κ2) is 6.33. The van der Waals surface area contributed by atoms with E-state index in [4.69, 9.17) is 4.11 Å².